The number of hydrogen-bond acceptors (Lipinski definition) is 6. The molecule has 130 valence electrons. The Labute approximate surface area is 153 Å². The lowest BCUT2D eigenvalue weighted by Gasteiger charge is -2.03. The molecule has 0 aliphatic heterocycles. The molecular formula is C18H15N5O2S. The van der Waals surface area contributed by atoms with Crippen molar-refractivity contribution in [2.24, 2.45) is 0 Å². The van der Waals surface area contributed by atoms with Gasteiger partial charge in [0.15, 0.2) is 5.82 Å². The van der Waals surface area contributed by atoms with Crippen LogP contribution in [0, 0.1) is 6.92 Å². The molecule has 0 fully saturated rings. The van der Waals surface area contributed by atoms with Gasteiger partial charge in [0, 0.05) is 18.2 Å². The summed E-state index contributed by atoms with van der Waals surface area (Å²) in [6.45, 7) is 2.32. The van der Waals surface area contributed by atoms with Crippen LogP contribution >= 0.6 is 11.3 Å². The number of amides is 1. The number of fused-ring (bicyclic) bond motifs is 1. The minimum absolute atomic E-state index is 0.172. The van der Waals surface area contributed by atoms with Crippen LogP contribution in [0.1, 0.15) is 17.1 Å². The molecule has 0 radical (unpaired) electrons. The quantitative estimate of drug-likeness (QED) is 0.549. The number of benzene rings is 1. The highest BCUT2D eigenvalue weighted by atomic mass is 32.1. The molecule has 3 aromatic heterocycles. The van der Waals surface area contributed by atoms with Crippen LogP contribution < -0.4 is 5.32 Å². The van der Waals surface area contributed by atoms with Gasteiger partial charge in [-0.1, -0.05) is 35.6 Å². The van der Waals surface area contributed by atoms with Crippen molar-refractivity contribution in [2.45, 2.75) is 13.5 Å². The van der Waals surface area contributed by atoms with E-state index in [1.807, 2.05) is 31.2 Å². The van der Waals surface area contributed by atoms with E-state index in [-0.39, 0.29) is 5.91 Å². The second-order valence-corrected chi connectivity index (χ2v) is 6.57. The third-order valence-corrected chi connectivity index (χ3v) is 4.70. The minimum Gasteiger partial charge on any atom is -0.465 e. The zero-order chi connectivity index (χ0) is 17.9. The number of furan rings is 1. The molecule has 3 heterocycles. The number of nitrogens with zero attached hydrogens (tertiary/aromatic N) is 4. The average molecular weight is 365 g/mol. The Morgan fingerprint density at radius 1 is 1.27 bits per heavy atom. The molecule has 4 rings (SSSR count). The largest absolute Gasteiger partial charge is 0.465 e. The van der Waals surface area contributed by atoms with Crippen molar-refractivity contribution in [3.05, 3.63) is 65.9 Å². The molecule has 4 aromatic rings. The Bertz CT molecular complexity index is 1060. The second-order valence-electron chi connectivity index (χ2n) is 5.61. The lowest BCUT2D eigenvalue weighted by Crippen LogP contribution is -2.20. The van der Waals surface area contributed by atoms with E-state index in [1.165, 1.54) is 17.4 Å². The van der Waals surface area contributed by atoms with E-state index in [1.54, 1.807) is 29.0 Å². The van der Waals surface area contributed by atoms with Crippen LogP contribution in [0.3, 0.4) is 0 Å². The van der Waals surface area contributed by atoms with Gasteiger partial charge < -0.3 is 9.73 Å². The highest BCUT2D eigenvalue weighted by molar-refractivity contribution is 7.19. The summed E-state index contributed by atoms with van der Waals surface area (Å²) in [5.74, 6) is 1.24. The zero-order valence-electron chi connectivity index (χ0n) is 13.9. The SMILES string of the molecule is Cc1nnc2sc(-c3ccc(CNC(=O)/C=C/c4ccco4)cc3)nn12. The maximum Gasteiger partial charge on any atom is 0.244 e. The normalized spacial score (nSPS) is 11.4. The topological polar surface area (TPSA) is 85.3 Å². The van der Waals surface area contributed by atoms with Crippen molar-refractivity contribution in [3.63, 3.8) is 0 Å². The van der Waals surface area contributed by atoms with E-state index in [0.717, 1.165) is 26.9 Å². The van der Waals surface area contributed by atoms with Gasteiger partial charge in [-0.25, -0.2) is 0 Å². The smallest absolute Gasteiger partial charge is 0.244 e. The lowest BCUT2D eigenvalue weighted by atomic mass is 10.1. The Morgan fingerprint density at radius 2 is 2.12 bits per heavy atom. The molecule has 0 spiro atoms. The molecule has 26 heavy (non-hydrogen) atoms. The van der Waals surface area contributed by atoms with Crippen molar-refractivity contribution < 1.29 is 9.21 Å². The number of nitrogens with one attached hydrogen (secondary N) is 1. The average Bonchev–Trinajstić information content (AvgIpc) is 3.38. The second kappa shape index (κ2) is 6.93. The third-order valence-electron chi connectivity index (χ3n) is 3.76. The molecule has 1 N–H and O–H groups in total. The van der Waals surface area contributed by atoms with Gasteiger partial charge in [0.2, 0.25) is 10.9 Å². The molecule has 1 amide bonds. The predicted molar refractivity (Wildman–Crippen MR) is 98.4 cm³/mol. The van der Waals surface area contributed by atoms with Crippen molar-refractivity contribution in [2.75, 3.05) is 0 Å². The van der Waals surface area contributed by atoms with Crippen LogP contribution in [0.4, 0.5) is 0 Å². The Balaban J connectivity index is 1.39. The van der Waals surface area contributed by atoms with Gasteiger partial charge in [0.05, 0.1) is 6.26 Å². The van der Waals surface area contributed by atoms with E-state index < -0.39 is 0 Å². The fraction of sp³-hybridized carbons (Fsp3) is 0.111. The van der Waals surface area contributed by atoms with Gasteiger partial charge in [-0.05, 0) is 30.7 Å². The molecule has 0 saturated carbocycles. The van der Waals surface area contributed by atoms with Gasteiger partial charge in [0.25, 0.3) is 0 Å². The van der Waals surface area contributed by atoms with Crippen LogP contribution in [0.2, 0.25) is 0 Å². The number of carbonyl (C=O) groups excluding carboxylic acids is 1. The van der Waals surface area contributed by atoms with Crippen molar-refractivity contribution in [1.29, 1.82) is 0 Å². The fourth-order valence-corrected chi connectivity index (χ4v) is 3.28. The van der Waals surface area contributed by atoms with Crippen molar-refractivity contribution >= 4 is 28.3 Å². The maximum atomic E-state index is 11.8. The third kappa shape index (κ3) is 3.40. The Morgan fingerprint density at radius 3 is 2.85 bits per heavy atom. The molecule has 7 nitrogen and oxygen atoms in total. The molecule has 1 aromatic carbocycles. The Hall–Kier alpha value is -3.26. The summed E-state index contributed by atoms with van der Waals surface area (Å²) in [7, 11) is 0. The van der Waals surface area contributed by atoms with E-state index in [9.17, 15) is 4.79 Å². The molecule has 0 bridgehead atoms. The first-order valence-corrected chi connectivity index (χ1v) is 8.78. The minimum atomic E-state index is -0.172. The number of aromatic nitrogens is 4. The summed E-state index contributed by atoms with van der Waals surface area (Å²) in [6, 6.07) is 11.5. The van der Waals surface area contributed by atoms with Crippen molar-refractivity contribution in [3.8, 4) is 10.6 Å². The number of hydrogen-bond donors (Lipinski definition) is 1. The van der Waals surface area contributed by atoms with Gasteiger partial charge in [-0.15, -0.1) is 10.2 Å². The van der Waals surface area contributed by atoms with Gasteiger partial charge >= 0.3 is 0 Å². The van der Waals surface area contributed by atoms with Crippen LogP contribution in [0.5, 0.6) is 0 Å². The van der Waals surface area contributed by atoms with Crippen LogP contribution in [0.25, 0.3) is 21.6 Å². The fourth-order valence-electron chi connectivity index (χ4n) is 2.39. The first kappa shape index (κ1) is 16.2. The summed E-state index contributed by atoms with van der Waals surface area (Å²) in [5.41, 5.74) is 2.01. The van der Waals surface area contributed by atoms with Gasteiger partial charge in [-0.2, -0.15) is 9.61 Å². The van der Waals surface area contributed by atoms with Gasteiger partial charge in [-0.3, -0.25) is 4.79 Å². The lowest BCUT2D eigenvalue weighted by molar-refractivity contribution is -0.116. The Kier molecular flexibility index (Phi) is 4.32. The monoisotopic (exact) mass is 365 g/mol. The molecule has 0 atom stereocenters. The number of aryl methyl sites for hydroxylation is 1. The molecule has 8 heteroatoms. The zero-order valence-corrected chi connectivity index (χ0v) is 14.7. The summed E-state index contributed by atoms with van der Waals surface area (Å²) >= 11 is 1.49. The number of carbonyl (C=O) groups is 1. The standard InChI is InChI=1S/C18H15N5O2S/c1-12-20-21-18-23(12)22-17(26-18)14-6-4-13(5-7-14)11-19-16(24)9-8-15-3-2-10-25-15/h2-10H,11H2,1H3,(H,19,24)/b9-8+. The molecule has 0 aliphatic carbocycles. The first-order valence-electron chi connectivity index (χ1n) is 7.96. The molecule has 0 unspecified atom stereocenters. The summed E-state index contributed by atoms with van der Waals surface area (Å²) in [6.07, 6.45) is 4.65. The summed E-state index contributed by atoms with van der Waals surface area (Å²) < 4.78 is 6.88. The highest BCUT2D eigenvalue weighted by Gasteiger charge is 2.10. The molecule has 0 aliphatic rings. The van der Waals surface area contributed by atoms with E-state index >= 15 is 0 Å². The number of rotatable bonds is 5. The van der Waals surface area contributed by atoms with Crippen LogP contribution in [-0.4, -0.2) is 25.7 Å². The predicted octanol–water partition coefficient (Wildman–Crippen LogP) is 3.08. The molecule has 0 saturated heterocycles. The molecular weight excluding hydrogens is 350 g/mol. The highest BCUT2D eigenvalue weighted by Crippen LogP contribution is 2.25. The van der Waals surface area contributed by atoms with Crippen molar-refractivity contribution in [1.82, 2.24) is 25.1 Å². The summed E-state index contributed by atoms with van der Waals surface area (Å²) in [4.78, 5) is 12.6. The van der Waals surface area contributed by atoms with Gasteiger partial charge in [0.1, 0.15) is 10.8 Å². The van der Waals surface area contributed by atoms with E-state index in [2.05, 4.69) is 20.6 Å². The van der Waals surface area contributed by atoms with E-state index in [0.29, 0.717) is 12.3 Å². The maximum absolute atomic E-state index is 11.8. The first-order chi connectivity index (χ1) is 12.7. The van der Waals surface area contributed by atoms with E-state index in [4.69, 9.17) is 4.42 Å². The van der Waals surface area contributed by atoms with Crippen LogP contribution in [-0.2, 0) is 11.3 Å². The van der Waals surface area contributed by atoms with Crippen LogP contribution in [0.15, 0.2) is 53.2 Å². The summed E-state index contributed by atoms with van der Waals surface area (Å²) in [5, 5.41) is 16.3.